The smallest absolute Gasteiger partial charge is 0.300 e. The fraction of sp³-hybridized carbons (Fsp3) is 0.364. The van der Waals surface area contributed by atoms with E-state index in [9.17, 15) is 25.0 Å². The summed E-state index contributed by atoms with van der Waals surface area (Å²) in [6.07, 6.45) is 0.187. The van der Waals surface area contributed by atoms with Crippen molar-refractivity contribution in [3.63, 3.8) is 0 Å². The first-order valence-electron chi connectivity index (χ1n) is 5.78. The van der Waals surface area contributed by atoms with Crippen LogP contribution >= 0.6 is 12.6 Å². The van der Waals surface area contributed by atoms with Gasteiger partial charge in [-0.25, -0.2) is 0 Å². The Morgan fingerprint density at radius 2 is 1.80 bits per heavy atom. The molecule has 1 aliphatic rings. The van der Waals surface area contributed by atoms with Gasteiger partial charge in [0.1, 0.15) is 0 Å². The summed E-state index contributed by atoms with van der Waals surface area (Å²) in [5, 5.41) is 22.1. The monoisotopic (exact) mass is 297 g/mol. The van der Waals surface area contributed by atoms with E-state index in [1.54, 1.807) is 0 Å². The summed E-state index contributed by atoms with van der Waals surface area (Å²) in [6.45, 7) is 0.202. The Kier molecular flexibility index (Phi) is 3.89. The number of carbonyl (C=O) groups is 1. The van der Waals surface area contributed by atoms with Crippen molar-refractivity contribution in [2.45, 2.75) is 6.42 Å². The first-order valence-corrected chi connectivity index (χ1v) is 6.42. The van der Waals surface area contributed by atoms with E-state index in [0.29, 0.717) is 5.75 Å². The number of benzene rings is 1. The molecule has 9 heteroatoms. The molecule has 1 heterocycles. The lowest BCUT2D eigenvalue weighted by Gasteiger charge is -2.16. The van der Waals surface area contributed by atoms with Crippen LogP contribution in [0.4, 0.5) is 17.1 Å². The second-order valence-corrected chi connectivity index (χ2v) is 4.78. The van der Waals surface area contributed by atoms with E-state index in [4.69, 9.17) is 0 Å². The van der Waals surface area contributed by atoms with Crippen LogP contribution in [0.3, 0.4) is 0 Å². The van der Waals surface area contributed by atoms with Crippen molar-refractivity contribution in [3.8, 4) is 0 Å². The molecule has 0 aromatic heterocycles. The molecule has 106 valence electrons. The fourth-order valence-electron chi connectivity index (χ4n) is 2.21. The van der Waals surface area contributed by atoms with Crippen LogP contribution in [-0.2, 0) is 4.79 Å². The van der Waals surface area contributed by atoms with Crippen LogP contribution in [0.2, 0.25) is 0 Å². The number of nitrogens with zero attached hydrogens (tertiary/aromatic N) is 3. The minimum absolute atomic E-state index is 0.0646. The normalized spacial score (nSPS) is 18.4. The van der Waals surface area contributed by atoms with E-state index >= 15 is 0 Å². The van der Waals surface area contributed by atoms with Gasteiger partial charge in [0.25, 0.3) is 11.4 Å². The zero-order valence-corrected chi connectivity index (χ0v) is 11.2. The molecule has 20 heavy (non-hydrogen) atoms. The molecular weight excluding hydrogens is 286 g/mol. The molecule has 1 aromatic rings. The van der Waals surface area contributed by atoms with Gasteiger partial charge in [0.15, 0.2) is 0 Å². The van der Waals surface area contributed by atoms with Crippen molar-refractivity contribution in [1.82, 2.24) is 0 Å². The van der Waals surface area contributed by atoms with Crippen LogP contribution in [0.25, 0.3) is 0 Å². The van der Waals surface area contributed by atoms with Crippen LogP contribution in [-0.4, -0.2) is 28.1 Å². The standard InChI is InChI=1S/C11H11N3O5S/c15-10-4-7(6-20)5-12(10)11-8(13(16)17)2-1-3-9(11)14(18)19/h1-3,7,20H,4-6H2. The lowest BCUT2D eigenvalue weighted by molar-refractivity contribution is -0.392. The van der Waals surface area contributed by atoms with Crippen LogP contribution in [0.1, 0.15) is 6.42 Å². The van der Waals surface area contributed by atoms with Crippen molar-refractivity contribution < 1.29 is 14.6 Å². The highest BCUT2D eigenvalue weighted by atomic mass is 32.1. The van der Waals surface area contributed by atoms with Gasteiger partial charge in [-0.1, -0.05) is 0 Å². The van der Waals surface area contributed by atoms with E-state index in [1.165, 1.54) is 6.07 Å². The Labute approximate surface area is 119 Å². The van der Waals surface area contributed by atoms with Crippen molar-refractivity contribution >= 4 is 35.6 Å². The predicted octanol–water partition coefficient (Wildman–Crippen LogP) is 1.79. The minimum atomic E-state index is -0.719. The number of hydrogen-bond acceptors (Lipinski definition) is 6. The SMILES string of the molecule is O=C1CC(CS)CN1c1c([N+](=O)[O-])cccc1[N+](=O)[O-]. The van der Waals surface area contributed by atoms with Gasteiger partial charge >= 0.3 is 0 Å². The molecular formula is C11H11N3O5S. The molecule has 1 unspecified atom stereocenters. The number of nitro groups is 2. The van der Waals surface area contributed by atoms with Gasteiger partial charge in [0, 0.05) is 25.1 Å². The number of nitro benzene ring substituents is 2. The van der Waals surface area contributed by atoms with Gasteiger partial charge in [-0.2, -0.15) is 12.6 Å². The Hall–Kier alpha value is -2.16. The van der Waals surface area contributed by atoms with E-state index in [-0.39, 0.29) is 30.5 Å². The number of carbonyl (C=O) groups excluding carboxylic acids is 1. The van der Waals surface area contributed by atoms with Crippen LogP contribution in [0, 0.1) is 26.1 Å². The average Bonchev–Trinajstić information content (AvgIpc) is 2.78. The summed E-state index contributed by atoms with van der Waals surface area (Å²) in [5.41, 5.74) is -1.11. The zero-order chi connectivity index (χ0) is 14.9. The number of para-hydroxylation sites is 1. The predicted molar refractivity (Wildman–Crippen MR) is 74.1 cm³/mol. The number of rotatable bonds is 4. The van der Waals surface area contributed by atoms with Gasteiger partial charge in [0.05, 0.1) is 9.85 Å². The molecule has 1 fully saturated rings. The molecule has 0 spiro atoms. The summed E-state index contributed by atoms with van der Waals surface area (Å²) in [4.78, 5) is 33.7. The highest BCUT2D eigenvalue weighted by molar-refractivity contribution is 7.80. The summed E-state index contributed by atoms with van der Waals surface area (Å²) < 4.78 is 0. The van der Waals surface area contributed by atoms with Crippen molar-refractivity contribution in [2.75, 3.05) is 17.2 Å². The fourth-order valence-corrected chi connectivity index (χ4v) is 2.46. The second kappa shape index (κ2) is 5.45. The number of amides is 1. The zero-order valence-electron chi connectivity index (χ0n) is 10.3. The van der Waals surface area contributed by atoms with E-state index < -0.39 is 21.2 Å². The lowest BCUT2D eigenvalue weighted by Crippen LogP contribution is -2.26. The molecule has 0 radical (unpaired) electrons. The molecule has 1 amide bonds. The maximum Gasteiger partial charge on any atom is 0.300 e. The second-order valence-electron chi connectivity index (χ2n) is 4.42. The number of thiol groups is 1. The first kappa shape index (κ1) is 14.3. The van der Waals surface area contributed by atoms with Crippen molar-refractivity contribution in [1.29, 1.82) is 0 Å². The molecule has 2 rings (SSSR count). The molecule has 0 saturated carbocycles. The van der Waals surface area contributed by atoms with Crippen molar-refractivity contribution in [3.05, 3.63) is 38.4 Å². The van der Waals surface area contributed by atoms with Gasteiger partial charge in [0.2, 0.25) is 11.6 Å². The van der Waals surface area contributed by atoms with Gasteiger partial charge in [-0.05, 0) is 17.7 Å². The number of anilines is 1. The molecule has 1 atom stereocenters. The lowest BCUT2D eigenvalue weighted by atomic mass is 10.1. The third-order valence-electron chi connectivity index (χ3n) is 3.12. The Morgan fingerprint density at radius 1 is 1.25 bits per heavy atom. The maximum atomic E-state index is 11.9. The van der Waals surface area contributed by atoms with Crippen LogP contribution in [0.5, 0.6) is 0 Å². The third-order valence-corrected chi connectivity index (χ3v) is 3.64. The number of hydrogen-bond donors (Lipinski definition) is 1. The largest absolute Gasteiger partial charge is 0.300 e. The Balaban J connectivity index is 2.56. The highest BCUT2D eigenvalue weighted by Crippen LogP contribution is 2.40. The Morgan fingerprint density at radius 3 is 2.20 bits per heavy atom. The summed E-state index contributed by atoms with van der Waals surface area (Å²) in [6, 6.07) is 3.55. The average molecular weight is 297 g/mol. The topological polar surface area (TPSA) is 107 Å². The van der Waals surface area contributed by atoms with Crippen LogP contribution < -0.4 is 4.90 Å². The van der Waals surface area contributed by atoms with Crippen LogP contribution in [0.15, 0.2) is 18.2 Å². The quantitative estimate of drug-likeness (QED) is 0.518. The van der Waals surface area contributed by atoms with Gasteiger partial charge in [-0.15, -0.1) is 0 Å². The first-order chi connectivity index (χ1) is 9.45. The van der Waals surface area contributed by atoms with Gasteiger partial charge in [-0.3, -0.25) is 25.0 Å². The highest BCUT2D eigenvalue weighted by Gasteiger charge is 2.38. The molecule has 1 aliphatic heterocycles. The molecule has 1 aromatic carbocycles. The summed E-state index contributed by atoms with van der Waals surface area (Å²) >= 11 is 4.10. The Bertz CT molecular complexity index is 559. The third kappa shape index (κ3) is 2.44. The minimum Gasteiger partial charge on any atom is -0.300 e. The molecule has 0 bridgehead atoms. The summed E-state index contributed by atoms with van der Waals surface area (Å²) in [7, 11) is 0. The van der Waals surface area contributed by atoms with E-state index in [0.717, 1.165) is 17.0 Å². The van der Waals surface area contributed by atoms with E-state index in [1.807, 2.05) is 0 Å². The van der Waals surface area contributed by atoms with Gasteiger partial charge < -0.3 is 4.90 Å². The molecule has 0 aliphatic carbocycles. The molecule has 1 saturated heterocycles. The maximum absolute atomic E-state index is 11.9. The molecule has 0 N–H and O–H groups in total. The van der Waals surface area contributed by atoms with Crippen molar-refractivity contribution in [2.24, 2.45) is 5.92 Å². The molecule has 8 nitrogen and oxygen atoms in total. The summed E-state index contributed by atoms with van der Waals surface area (Å²) in [5.74, 6) is 0.0168. The van der Waals surface area contributed by atoms with E-state index in [2.05, 4.69) is 12.6 Å².